The number of hydrogen-bond donors (Lipinski definition) is 0. The van der Waals surface area contributed by atoms with E-state index in [1.807, 2.05) is 11.0 Å². The molecular formula is C19H23NO. The predicted octanol–water partition coefficient (Wildman–Crippen LogP) is 3.96. The van der Waals surface area contributed by atoms with Gasteiger partial charge < -0.3 is 4.90 Å². The molecule has 0 spiro atoms. The van der Waals surface area contributed by atoms with E-state index in [2.05, 4.69) is 38.6 Å². The molecule has 1 aromatic rings. The molecule has 2 aliphatic carbocycles. The molecule has 0 radical (unpaired) electrons. The van der Waals surface area contributed by atoms with Gasteiger partial charge in [-0.1, -0.05) is 44.2 Å². The lowest BCUT2D eigenvalue weighted by Gasteiger charge is -2.39. The van der Waals surface area contributed by atoms with Gasteiger partial charge in [0.2, 0.25) is 5.91 Å². The number of anilines is 1. The van der Waals surface area contributed by atoms with Gasteiger partial charge in [-0.25, -0.2) is 0 Å². The van der Waals surface area contributed by atoms with Crippen LogP contribution in [0.15, 0.2) is 36.4 Å². The maximum atomic E-state index is 13.4. The molecule has 0 unspecified atom stereocenters. The van der Waals surface area contributed by atoms with Crippen molar-refractivity contribution in [3.05, 3.63) is 42.0 Å². The van der Waals surface area contributed by atoms with Crippen molar-refractivity contribution in [3.63, 3.8) is 0 Å². The molecule has 4 rings (SSSR count). The van der Waals surface area contributed by atoms with Crippen LogP contribution in [-0.4, -0.2) is 12.5 Å². The second-order valence-electron chi connectivity index (χ2n) is 7.56. The van der Waals surface area contributed by atoms with Crippen LogP contribution in [0.4, 0.5) is 5.69 Å². The van der Waals surface area contributed by atoms with Crippen molar-refractivity contribution < 1.29 is 4.79 Å². The fraction of sp³-hybridized carbons (Fsp3) is 0.526. The molecule has 3 aliphatic rings. The lowest BCUT2D eigenvalue weighted by molar-refractivity contribution is -0.125. The summed E-state index contributed by atoms with van der Waals surface area (Å²) in [5.74, 6) is 0.942. The van der Waals surface area contributed by atoms with Crippen molar-refractivity contribution in [2.75, 3.05) is 11.4 Å². The van der Waals surface area contributed by atoms with Crippen LogP contribution in [0.5, 0.6) is 0 Å². The molecule has 110 valence electrons. The number of benzene rings is 1. The second-order valence-corrected chi connectivity index (χ2v) is 7.56. The van der Waals surface area contributed by atoms with E-state index in [1.165, 1.54) is 17.6 Å². The first kappa shape index (κ1) is 13.1. The summed E-state index contributed by atoms with van der Waals surface area (Å²) < 4.78 is 0. The van der Waals surface area contributed by atoms with Gasteiger partial charge >= 0.3 is 0 Å². The van der Waals surface area contributed by atoms with Crippen molar-refractivity contribution >= 4 is 11.6 Å². The number of carbonyl (C=O) groups excluding carboxylic acids is 1. The van der Waals surface area contributed by atoms with Gasteiger partial charge in [0.25, 0.3) is 0 Å². The van der Waals surface area contributed by atoms with Gasteiger partial charge in [0.05, 0.1) is 5.41 Å². The summed E-state index contributed by atoms with van der Waals surface area (Å²) >= 11 is 0. The highest BCUT2D eigenvalue weighted by Gasteiger charge is 2.62. The zero-order chi connectivity index (χ0) is 14.8. The molecule has 0 N–H and O–H groups in total. The Morgan fingerprint density at radius 3 is 2.81 bits per heavy atom. The molecule has 2 atom stereocenters. The fourth-order valence-electron chi connectivity index (χ4n) is 4.93. The molecule has 0 saturated heterocycles. The Kier molecular flexibility index (Phi) is 2.50. The van der Waals surface area contributed by atoms with Crippen molar-refractivity contribution in [3.8, 4) is 0 Å². The third-order valence-electron chi connectivity index (χ3n) is 6.43. The first-order chi connectivity index (χ1) is 9.97. The van der Waals surface area contributed by atoms with E-state index in [9.17, 15) is 4.79 Å². The summed E-state index contributed by atoms with van der Waals surface area (Å²) in [6.07, 6.45) is 4.16. The molecule has 0 aromatic heterocycles. The Hall–Kier alpha value is -1.57. The standard InChI is InChI=1S/C19H23NO/c1-13-18(2,3)15-8-10-19(13,12-15)17(21)20-11-9-14-6-4-5-7-16(14)20/h4-7,15H,1,8-12H2,2-3H3/t15-,19-/m1/s1. The Balaban J connectivity index is 1.72. The van der Waals surface area contributed by atoms with Crippen LogP contribution in [-0.2, 0) is 11.2 Å². The fourth-order valence-corrected chi connectivity index (χ4v) is 4.93. The van der Waals surface area contributed by atoms with E-state index >= 15 is 0 Å². The summed E-state index contributed by atoms with van der Waals surface area (Å²) in [7, 11) is 0. The topological polar surface area (TPSA) is 20.3 Å². The van der Waals surface area contributed by atoms with Crippen molar-refractivity contribution in [2.45, 2.75) is 39.5 Å². The number of carbonyl (C=O) groups is 1. The van der Waals surface area contributed by atoms with Crippen LogP contribution in [0.1, 0.15) is 38.7 Å². The minimum atomic E-state index is -0.286. The van der Waals surface area contributed by atoms with Crippen LogP contribution >= 0.6 is 0 Å². The van der Waals surface area contributed by atoms with Crippen molar-refractivity contribution in [1.82, 2.24) is 0 Å². The second kappa shape index (κ2) is 4.00. The minimum absolute atomic E-state index is 0.118. The van der Waals surface area contributed by atoms with E-state index in [0.717, 1.165) is 31.5 Å². The highest BCUT2D eigenvalue weighted by atomic mass is 16.2. The van der Waals surface area contributed by atoms with Gasteiger partial charge in [0, 0.05) is 12.2 Å². The summed E-state index contributed by atoms with van der Waals surface area (Å²) in [5, 5.41) is 0. The van der Waals surface area contributed by atoms with Gasteiger partial charge in [0.15, 0.2) is 0 Å². The van der Waals surface area contributed by atoms with Crippen LogP contribution in [0.3, 0.4) is 0 Å². The maximum absolute atomic E-state index is 13.4. The highest BCUT2D eigenvalue weighted by molar-refractivity contribution is 6.02. The number of amides is 1. The third-order valence-corrected chi connectivity index (χ3v) is 6.43. The van der Waals surface area contributed by atoms with Crippen LogP contribution in [0.25, 0.3) is 0 Å². The highest BCUT2D eigenvalue weighted by Crippen LogP contribution is 2.66. The molecule has 2 bridgehead atoms. The van der Waals surface area contributed by atoms with E-state index in [-0.39, 0.29) is 10.8 Å². The molecule has 1 heterocycles. The average Bonchev–Trinajstić information content (AvgIpc) is 3.14. The Morgan fingerprint density at radius 2 is 2.10 bits per heavy atom. The zero-order valence-electron chi connectivity index (χ0n) is 13.0. The molecule has 2 saturated carbocycles. The molecule has 2 nitrogen and oxygen atoms in total. The number of rotatable bonds is 1. The first-order valence-corrected chi connectivity index (χ1v) is 8.06. The minimum Gasteiger partial charge on any atom is -0.311 e. The van der Waals surface area contributed by atoms with Gasteiger partial charge in [-0.3, -0.25) is 4.79 Å². The van der Waals surface area contributed by atoms with Gasteiger partial charge in [-0.2, -0.15) is 0 Å². The van der Waals surface area contributed by atoms with Crippen LogP contribution in [0, 0.1) is 16.7 Å². The van der Waals surface area contributed by atoms with Crippen LogP contribution in [0.2, 0.25) is 0 Å². The molecule has 21 heavy (non-hydrogen) atoms. The SMILES string of the molecule is C=C1C(C)(C)[C@@H]2CC[C@@]1(C(=O)N1CCc3ccccc31)C2. The summed E-state index contributed by atoms with van der Waals surface area (Å²) in [4.78, 5) is 15.4. The summed E-state index contributed by atoms with van der Waals surface area (Å²) in [5.41, 5.74) is 3.44. The smallest absolute Gasteiger partial charge is 0.237 e. The number of nitrogens with zero attached hydrogens (tertiary/aromatic N) is 1. The van der Waals surface area contributed by atoms with Crippen molar-refractivity contribution in [2.24, 2.45) is 16.7 Å². The first-order valence-electron chi connectivity index (χ1n) is 8.06. The van der Waals surface area contributed by atoms with Gasteiger partial charge in [-0.05, 0) is 48.6 Å². The van der Waals surface area contributed by atoms with Crippen LogP contribution < -0.4 is 4.90 Å². The molecular weight excluding hydrogens is 258 g/mol. The molecule has 2 heteroatoms. The van der Waals surface area contributed by atoms with E-state index in [1.54, 1.807) is 0 Å². The summed E-state index contributed by atoms with van der Waals surface area (Å²) in [6.45, 7) is 9.73. The largest absolute Gasteiger partial charge is 0.311 e. The Labute approximate surface area is 126 Å². The normalized spacial score (nSPS) is 32.6. The molecule has 1 aliphatic heterocycles. The quantitative estimate of drug-likeness (QED) is 0.714. The van der Waals surface area contributed by atoms with E-state index < -0.39 is 0 Å². The van der Waals surface area contributed by atoms with E-state index in [4.69, 9.17) is 0 Å². The van der Waals surface area contributed by atoms with E-state index in [0.29, 0.717) is 11.8 Å². The molecule has 1 amide bonds. The summed E-state index contributed by atoms with van der Waals surface area (Å²) in [6, 6.07) is 8.33. The van der Waals surface area contributed by atoms with Crippen molar-refractivity contribution in [1.29, 1.82) is 0 Å². The number of fused-ring (bicyclic) bond motifs is 3. The monoisotopic (exact) mass is 281 g/mol. The van der Waals surface area contributed by atoms with Gasteiger partial charge in [0.1, 0.15) is 0 Å². The Morgan fingerprint density at radius 1 is 1.33 bits per heavy atom. The molecule has 1 aromatic carbocycles. The third kappa shape index (κ3) is 1.51. The lowest BCUT2D eigenvalue weighted by Crippen LogP contribution is -2.43. The average molecular weight is 281 g/mol. The Bertz CT molecular complexity index is 645. The number of para-hydroxylation sites is 1. The zero-order valence-corrected chi connectivity index (χ0v) is 13.0. The maximum Gasteiger partial charge on any atom is 0.237 e. The lowest BCUT2D eigenvalue weighted by atomic mass is 9.68. The molecule has 2 fully saturated rings. The predicted molar refractivity (Wildman–Crippen MR) is 85.2 cm³/mol. The number of hydrogen-bond acceptors (Lipinski definition) is 1. The van der Waals surface area contributed by atoms with Gasteiger partial charge in [-0.15, -0.1) is 0 Å².